The highest BCUT2D eigenvalue weighted by atomic mass is 16.5. The zero-order valence-corrected chi connectivity index (χ0v) is 19.1. The van der Waals surface area contributed by atoms with Crippen molar-refractivity contribution in [2.24, 2.45) is 5.73 Å². The number of aromatic nitrogens is 2. The van der Waals surface area contributed by atoms with E-state index in [1.165, 1.54) is 0 Å². The van der Waals surface area contributed by atoms with Gasteiger partial charge in [0.25, 0.3) is 5.91 Å². The number of ether oxygens (including phenoxy) is 3. The number of nitrogens with one attached hydrogen (secondary N) is 1. The van der Waals surface area contributed by atoms with Crippen molar-refractivity contribution in [2.45, 2.75) is 0 Å². The molecule has 3 heterocycles. The Hall–Kier alpha value is -4.37. The van der Waals surface area contributed by atoms with Crippen LogP contribution in [0.25, 0.3) is 33.3 Å². The van der Waals surface area contributed by atoms with Crippen molar-refractivity contribution in [3.8, 4) is 33.8 Å². The summed E-state index contributed by atoms with van der Waals surface area (Å²) in [5, 5.41) is 0.908. The molecule has 5 rings (SSSR count). The lowest BCUT2D eigenvalue weighted by molar-refractivity contribution is 0.0301. The molecule has 2 amide bonds. The fourth-order valence-electron chi connectivity index (χ4n) is 4.26. The van der Waals surface area contributed by atoms with Gasteiger partial charge >= 0.3 is 6.09 Å². The Morgan fingerprint density at radius 1 is 1.03 bits per heavy atom. The van der Waals surface area contributed by atoms with Crippen LogP contribution in [0.4, 0.5) is 4.79 Å². The van der Waals surface area contributed by atoms with Crippen LogP contribution in [0.15, 0.2) is 60.9 Å². The number of carbonyl (C=O) groups excluding carboxylic acids is 2. The number of nitrogens with zero attached hydrogens (tertiary/aromatic N) is 2. The second-order valence-corrected chi connectivity index (χ2v) is 8.06. The van der Waals surface area contributed by atoms with Crippen molar-refractivity contribution >= 4 is 23.0 Å². The summed E-state index contributed by atoms with van der Waals surface area (Å²) < 4.78 is 16.0. The van der Waals surface area contributed by atoms with Gasteiger partial charge in [0.1, 0.15) is 17.1 Å². The Kier molecular flexibility index (Phi) is 6.07. The largest absolute Gasteiger partial charge is 0.496 e. The molecule has 9 heteroatoms. The van der Waals surface area contributed by atoms with Crippen LogP contribution in [-0.2, 0) is 4.74 Å². The molecule has 0 atom stereocenters. The first-order chi connectivity index (χ1) is 17.0. The van der Waals surface area contributed by atoms with Crippen molar-refractivity contribution in [1.29, 1.82) is 0 Å². The number of para-hydroxylation sites is 1. The van der Waals surface area contributed by atoms with Crippen LogP contribution >= 0.6 is 0 Å². The third-order valence-electron chi connectivity index (χ3n) is 5.98. The van der Waals surface area contributed by atoms with Gasteiger partial charge in [0.05, 0.1) is 25.9 Å². The second kappa shape index (κ2) is 9.47. The first-order valence-electron chi connectivity index (χ1n) is 11.1. The summed E-state index contributed by atoms with van der Waals surface area (Å²) >= 11 is 0. The molecule has 0 bridgehead atoms. The number of aromatic amines is 1. The van der Waals surface area contributed by atoms with Crippen molar-refractivity contribution < 1.29 is 23.8 Å². The molecule has 2 aromatic heterocycles. The first-order valence-corrected chi connectivity index (χ1v) is 11.1. The third-order valence-corrected chi connectivity index (χ3v) is 5.98. The number of fused-ring (bicyclic) bond motifs is 1. The standard InChI is InChI=1S/C26H24N4O5/c1-33-22-5-3-2-4-18(22)21-15-29-24-19(21)13-17(14-28-24)16-6-7-23(35-26(27)32)20(12-16)25(31)30-8-10-34-11-9-30/h2-7,12-15H,8-11H2,1H3,(H2,27,32)(H,28,29). The van der Waals surface area contributed by atoms with E-state index in [0.717, 1.165) is 39.0 Å². The molecule has 1 saturated heterocycles. The summed E-state index contributed by atoms with van der Waals surface area (Å²) in [6.45, 7) is 1.82. The summed E-state index contributed by atoms with van der Waals surface area (Å²) in [6.07, 6.45) is 2.65. The van der Waals surface area contributed by atoms with Gasteiger partial charge in [0.2, 0.25) is 0 Å². The van der Waals surface area contributed by atoms with Crippen LogP contribution in [0, 0.1) is 0 Å². The number of methoxy groups -OCH3 is 1. The minimum atomic E-state index is -0.981. The molecule has 0 spiro atoms. The second-order valence-electron chi connectivity index (χ2n) is 8.06. The van der Waals surface area contributed by atoms with Gasteiger partial charge in [-0.15, -0.1) is 0 Å². The molecule has 0 aliphatic carbocycles. The maximum absolute atomic E-state index is 13.3. The number of H-pyrrole nitrogens is 1. The van der Waals surface area contributed by atoms with Crippen molar-refractivity contribution in [3.63, 3.8) is 0 Å². The lowest BCUT2D eigenvalue weighted by Gasteiger charge is -2.27. The Labute approximate surface area is 201 Å². The number of hydrogen-bond donors (Lipinski definition) is 2. The lowest BCUT2D eigenvalue weighted by Crippen LogP contribution is -2.41. The van der Waals surface area contributed by atoms with E-state index < -0.39 is 6.09 Å². The van der Waals surface area contributed by atoms with Gasteiger partial charge in [-0.3, -0.25) is 4.79 Å². The molecule has 1 aliphatic heterocycles. The molecule has 0 radical (unpaired) electrons. The Morgan fingerprint density at radius 3 is 2.60 bits per heavy atom. The predicted octanol–water partition coefficient (Wildman–Crippen LogP) is 3.84. The number of pyridine rings is 1. The van der Waals surface area contributed by atoms with Crippen LogP contribution in [-0.4, -0.2) is 60.3 Å². The molecule has 3 N–H and O–H groups in total. The highest BCUT2D eigenvalue weighted by Gasteiger charge is 2.23. The molecule has 2 aromatic carbocycles. The average molecular weight is 473 g/mol. The molecular formula is C26H24N4O5. The zero-order chi connectivity index (χ0) is 24.4. The Balaban J connectivity index is 1.58. The van der Waals surface area contributed by atoms with E-state index in [1.807, 2.05) is 36.5 Å². The summed E-state index contributed by atoms with van der Waals surface area (Å²) in [4.78, 5) is 34.2. The SMILES string of the molecule is COc1ccccc1-c1c[nH]c2ncc(-c3ccc(OC(N)=O)c(C(=O)N4CCOCC4)c3)cc12. The van der Waals surface area contributed by atoms with Gasteiger partial charge in [0.15, 0.2) is 0 Å². The molecule has 1 aliphatic rings. The topological polar surface area (TPSA) is 120 Å². The van der Waals surface area contributed by atoms with Crippen molar-refractivity contribution in [1.82, 2.24) is 14.9 Å². The Morgan fingerprint density at radius 2 is 1.83 bits per heavy atom. The van der Waals surface area contributed by atoms with E-state index >= 15 is 0 Å². The lowest BCUT2D eigenvalue weighted by atomic mass is 9.99. The van der Waals surface area contributed by atoms with Gasteiger partial charge in [-0.1, -0.05) is 24.3 Å². The number of morpholine rings is 1. The number of benzene rings is 2. The molecule has 0 saturated carbocycles. The van der Waals surface area contributed by atoms with E-state index in [-0.39, 0.29) is 17.2 Å². The fourth-order valence-corrected chi connectivity index (χ4v) is 4.26. The normalized spacial score (nSPS) is 13.6. The number of nitrogens with two attached hydrogens (primary N) is 1. The predicted molar refractivity (Wildman–Crippen MR) is 130 cm³/mol. The number of hydrogen-bond acceptors (Lipinski definition) is 6. The summed E-state index contributed by atoms with van der Waals surface area (Å²) in [5.74, 6) is 0.616. The number of primary amides is 1. The highest BCUT2D eigenvalue weighted by molar-refractivity contribution is 6.00. The van der Waals surface area contributed by atoms with Gasteiger partial charge in [0, 0.05) is 47.6 Å². The van der Waals surface area contributed by atoms with Crippen LogP contribution in [0.5, 0.6) is 11.5 Å². The van der Waals surface area contributed by atoms with Crippen LogP contribution in [0.3, 0.4) is 0 Å². The van der Waals surface area contributed by atoms with Gasteiger partial charge < -0.3 is 29.8 Å². The quantitative estimate of drug-likeness (QED) is 0.456. The number of amides is 2. The highest BCUT2D eigenvalue weighted by Crippen LogP contribution is 2.36. The van der Waals surface area contributed by atoms with Crippen molar-refractivity contribution in [3.05, 3.63) is 66.5 Å². The number of carbonyl (C=O) groups is 2. The minimum Gasteiger partial charge on any atom is -0.496 e. The molecule has 0 unspecified atom stereocenters. The number of rotatable bonds is 5. The minimum absolute atomic E-state index is 0.114. The van der Waals surface area contributed by atoms with Gasteiger partial charge in [-0.25, -0.2) is 9.78 Å². The van der Waals surface area contributed by atoms with Gasteiger partial charge in [-0.05, 0) is 29.8 Å². The van der Waals surface area contributed by atoms with E-state index in [0.29, 0.717) is 26.3 Å². The Bertz CT molecular complexity index is 1410. The summed E-state index contributed by atoms with van der Waals surface area (Å²) in [5.41, 5.74) is 9.66. The zero-order valence-electron chi connectivity index (χ0n) is 19.1. The van der Waals surface area contributed by atoms with Crippen LogP contribution < -0.4 is 15.2 Å². The summed E-state index contributed by atoms with van der Waals surface area (Å²) in [7, 11) is 1.64. The smallest absolute Gasteiger partial charge is 0.409 e. The van der Waals surface area contributed by atoms with E-state index in [4.69, 9.17) is 19.9 Å². The molecule has 178 valence electrons. The first kappa shape index (κ1) is 22.4. The maximum atomic E-state index is 13.3. The van der Waals surface area contributed by atoms with E-state index in [2.05, 4.69) is 9.97 Å². The monoisotopic (exact) mass is 472 g/mol. The van der Waals surface area contributed by atoms with Crippen LogP contribution in [0.2, 0.25) is 0 Å². The van der Waals surface area contributed by atoms with E-state index in [9.17, 15) is 9.59 Å². The van der Waals surface area contributed by atoms with Crippen molar-refractivity contribution in [2.75, 3.05) is 33.4 Å². The molecule has 4 aromatic rings. The fraction of sp³-hybridized carbons (Fsp3) is 0.192. The van der Waals surface area contributed by atoms with Gasteiger partial charge in [-0.2, -0.15) is 0 Å². The molecule has 35 heavy (non-hydrogen) atoms. The third kappa shape index (κ3) is 4.41. The molecule has 1 fully saturated rings. The molecule has 9 nitrogen and oxygen atoms in total. The van der Waals surface area contributed by atoms with E-state index in [1.54, 1.807) is 36.4 Å². The summed E-state index contributed by atoms with van der Waals surface area (Å²) in [6, 6.07) is 14.8. The van der Waals surface area contributed by atoms with Crippen LogP contribution in [0.1, 0.15) is 10.4 Å². The average Bonchev–Trinajstić information content (AvgIpc) is 3.32. The molecular weight excluding hydrogens is 448 g/mol. The maximum Gasteiger partial charge on any atom is 0.409 e.